The first kappa shape index (κ1) is 21.1. The second-order valence-corrected chi connectivity index (χ2v) is 7.12. The molecule has 1 saturated heterocycles. The molecule has 1 saturated carbocycles. The van der Waals surface area contributed by atoms with Crippen LogP contribution in [-0.2, 0) is 14.3 Å². The molecule has 0 bridgehead atoms. The van der Waals surface area contributed by atoms with Gasteiger partial charge in [-0.1, -0.05) is 24.3 Å². The molecule has 1 aliphatic heterocycles. The van der Waals surface area contributed by atoms with Gasteiger partial charge in [0.15, 0.2) is 6.29 Å². The molecule has 2 fully saturated rings. The maximum atomic E-state index is 10.5. The monoisotopic (exact) mass is 368 g/mol. The van der Waals surface area contributed by atoms with Gasteiger partial charge >= 0.3 is 5.97 Å². The minimum Gasteiger partial charge on any atom is -0.481 e. The van der Waals surface area contributed by atoms with Crippen molar-refractivity contribution in [2.75, 3.05) is 13.2 Å². The number of aliphatic hydroxyl groups is 2. The molecule has 2 rings (SSSR count). The smallest absolute Gasteiger partial charge is 0.303 e. The summed E-state index contributed by atoms with van der Waals surface area (Å²) < 4.78 is 11.8. The third kappa shape index (κ3) is 6.83. The highest BCUT2D eigenvalue weighted by molar-refractivity contribution is 5.66. The maximum absolute atomic E-state index is 10.5. The standard InChI is InChI=1S/C20H32O6/c21-12-7-9-16-15(8-3-1-2-4-10-19(23)24)17(22)14-18(16)26-20-11-5-6-13-25-20/h1,3,7,9,15-18,20-22H,2,4-6,8,10-14H2,(H,23,24)/b3-1-,9-7?/t15-,16-,17+,18-,20?/m0/s1. The van der Waals surface area contributed by atoms with Gasteiger partial charge in [-0.25, -0.2) is 0 Å². The quantitative estimate of drug-likeness (QED) is 0.405. The lowest BCUT2D eigenvalue weighted by molar-refractivity contribution is -0.193. The molecule has 26 heavy (non-hydrogen) atoms. The summed E-state index contributed by atoms with van der Waals surface area (Å²) in [6.07, 6.45) is 12.8. The van der Waals surface area contributed by atoms with Crippen LogP contribution in [0.5, 0.6) is 0 Å². The van der Waals surface area contributed by atoms with Crippen LogP contribution in [0.3, 0.4) is 0 Å². The predicted molar refractivity (Wildman–Crippen MR) is 97.5 cm³/mol. The van der Waals surface area contributed by atoms with Crippen molar-refractivity contribution in [3.63, 3.8) is 0 Å². The molecule has 0 aromatic carbocycles. The fourth-order valence-electron chi connectivity index (χ4n) is 3.80. The molecule has 6 nitrogen and oxygen atoms in total. The van der Waals surface area contributed by atoms with Gasteiger partial charge in [-0.15, -0.1) is 0 Å². The number of carboxylic acids is 1. The summed E-state index contributed by atoms with van der Waals surface area (Å²) in [5.74, 6) is -0.711. The summed E-state index contributed by atoms with van der Waals surface area (Å²) in [5.41, 5.74) is 0. The van der Waals surface area contributed by atoms with Gasteiger partial charge in [-0.05, 0) is 44.4 Å². The second kappa shape index (κ2) is 11.5. The average molecular weight is 368 g/mol. The van der Waals surface area contributed by atoms with E-state index >= 15 is 0 Å². The number of carboxylic acid groups (broad SMARTS) is 1. The van der Waals surface area contributed by atoms with Crippen molar-refractivity contribution >= 4 is 5.97 Å². The van der Waals surface area contributed by atoms with Crippen LogP contribution in [0.2, 0.25) is 0 Å². The molecule has 1 heterocycles. The number of aliphatic hydroxyl groups excluding tert-OH is 2. The van der Waals surface area contributed by atoms with Crippen LogP contribution in [-0.4, -0.2) is 53.0 Å². The van der Waals surface area contributed by atoms with Crippen molar-refractivity contribution in [3.05, 3.63) is 24.3 Å². The number of aliphatic carboxylic acids is 1. The molecular formula is C20H32O6. The lowest BCUT2D eigenvalue weighted by Crippen LogP contribution is -2.30. The first-order valence-corrected chi connectivity index (χ1v) is 9.71. The first-order valence-electron chi connectivity index (χ1n) is 9.71. The molecule has 1 aliphatic carbocycles. The highest BCUT2D eigenvalue weighted by atomic mass is 16.7. The van der Waals surface area contributed by atoms with Crippen molar-refractivity contribution in [2.45, 2.75) is 69.9 Å². The van der Waals surface area contributed by atoms with Gasteiger partial charge in [-0.2, -0.15) is 0 Å². The zero-order valence-corrected chi connectivity index (χ0v) is 15.3. The second-order valence-electron chi connectivity index (χ2n) is 7.12. The van der Waals surface area contributed by atoms with Gasteiger partial charge in [0.25, 0.3) is 0 Å². The Morgan fingerprint density at radius 2 is 2.08 bits per heavy atom. The van der Waals surface area contributed by atoms with Crippen molar-refractivity contribution in [1.29, 1.82) is 0 Å². The molecule has 6 heteroatoms. The summed E-state index contributed by atoms with van der Waals surface area (Å²) in [7, 11) is 0. The Balaban J connectivity index is 1.89. The van der Waals surface area contributed by atoms with E-state index in [1.807, 2.05) is 18.2 Å². The van der Waals surface area contributed by atoms with Gasteiger partial charge in [0, 0.05) is 25.4 Å². The Kier molecular flexibility index (Phi) is 9.32. The molecule has 1 unspecified atom stereocenters. The van der Waals surface area contributed by atoms with Crippen LogP contribution in [0.15, 0.2) is 24.3 Å². The number of ether oxygens (including phenoxy) is 2. The molecule has 3 N–H and O–H groups in total. The summed E-state index contributed by atoms with van der Waals surface area (Å²) >= 11 is 0. The fraction of sp³-hybridized carbons (Fsp3) is 0.750. The van der Waals surface area contributed by atoms with E-state index in [2.05, 4.69) is 0 Å². The third-order valence-electron chi connectivity index (χ3n) is 5.16. The Morgan fingerprint density at radius 3 is 2.77 bits per heavy atom. The van der Waals surface area contributed by atoms with Gasteiger partial charge < -0.3 is 24.8 Å². The highest BCUT2D eigenvalue weighted by Crippen LogP contribution is 2.39. The molecule has 0 radical (unpaired) electrons. The Bertz CT molecular complexity index is 469. The van der Waals surface area contributed by atoms with Gasteiger partial charge in [-0.3, -0.25) is 4.79 Å². The van der Waals surface area contributed by atoms with Gasteiger partial charge in [0.1, 0.15) is 0 Å². The van der Waals surface area contributed by atoms with Crippen LogP contribution in [0.4, 0.5) is 0 Å². The Labute approximate surface area is 155 Å². The van der Waals surface area contributed by atoms with Crippen molar-refractivity contribution in [1.82, 2.24) is 0 Å². The van der Waals surface area contributed by atoms with E-state index in [0.717, 1.165) is 32.3 Å². The van der Waals surface area contributed by atoms with Crippen molar-refractivity contribution in [2.24, 2.45) is 11.8 Å². The largest absolute Gasteiger partial charge is 0.481 e. The molecule has 0 aromatic heterocycles. The molecule has 5 atom stereocenters. The summed E-state index contributed by atoms with van der Waals surface area (Å²) in [6.45, 7) is 0.691. The Hall–Kier alpha value is -1.21. The molecule has 2 aliphatic rings. The molecule has 148 valence electrons. The van der Waals surface area contributed by atoms with E-state index in [0.29, 0.717) is 19.3 Å². The minimum atomic E-state index is -0.774. The van der Waals surface area contributed by atoms with E-state index in [1.165, 1.54) is 0 Å². The first-order chi connectivity index (χ1) is 12.6. The van der Waals surface area contributed by atoms with Crippen LogP contribution in [0.25, 0.3) is 0 Å². The SMILES string of the molecule is O=C(O)CCC/C=C\C[C@H]1[C@H](C=CCO)[C@@H](OC2CCCCO2)C[C@H]1O. The van der Waals surface area contributed by atoms with E-state index in [4.69, 9.17) is 19.7 Å². The number of carbonyl (C=O) groups is 1. The average Bonchev–Trinajstić information content (AvgIpc) is 2.91. The third-order valence-corrected chi connectivity index (χ3v) is 5.16. The molecule has 0 amide bonds. The number of hydrogen-bond acceptors (Lipinski definition) is 5. The van der Waals surface area contributed by atoms with E-state index in [-0.39, 0.29) is 37.3 Å². The van der Waals surface area contributed by atoms with Crippen molar-refractivity contribution < 1.29 is 29.6 Å². The van der Waals surface area contributed by atoms with Crippen LogP contribution < -0.4 is 0 Å². The van der Waals surface area contributed by atoms with Gasteiger partial charge in [0.2, 0.25) is 0 Å². The maximum Gasteiger partial charge on any atom is 0.303 e. The Morgan fingerprint density at radius 1 is 1.23 bits per heavy atom. The lowest BCUT2D eigenvalue weighted by atomic mass is 9.90. The van der Waals surface area contributed by atoms with Crippen LogP contribution >= 0.6 is 0 Å². The summed E-state index contributed by atoms with van der Waals surface area (Å²) in [4.78, 5) is 10.5. The molecular weight excluding hydrogens is 336 g/mol. The summed E-state index contributed by atoms with van der Waals surface area (Å²) in [5, 5.41) is 28.3. The number of hydrogen-bond donors (Lipinski definition) is 3. The zero-order chi connectivity index (χ0) is 18.8. The predicted octanol–water partition coefficient (Wildman–Crippen LogP) is 2.64. The normalized spacial score (nSPS) is 32.6. The number of allylic oxidation sites excluding steroid dienone is 2. The number of unbranched alkanes of at least 4 members (excludes halogenated alkanes) is 1. The lowest BCUT2D eigenvalue weighted by Gasteiger charge is -2.29. The van der Waals surface area contributed by atoms with Crippen molar-refractivity contribution in [3.8, 4) is 0 Å². The van der Waals surface area contributed by atoms with E-state index in [1.54, 1.807) is 6.08 Å². The van der Waals surface area contributed by atoms with Crippen LogP contribution in [0, 0.1) is 11.8 Å². The van der Waals surface area contributed by atoms with E-state index in [9.17, 15) is 9.90 Å². The zero-order valence-electron chi connectivity index (χ0n) is 15.3. The fourth-order valence-corrected chi connectivity index (χ4v) is 3.80. The molecule has 0 aromatic rings. The molecule has 0 spiro atoms. The minimum absolute atomic E-state index is 0.0297. The van der Waals surface area contributed by atoms with Gasteiger partial charge in [0.05, 0.1) is 18.8 Å². The van der Waals surface area contributed by atoms with E-state index < -0.39 is 12.1 Å². The highest BCUT2D eigenvalue weighted by Gasteiger charge is 2.42. The van der Waals surface area contributed by atoms with Crippen LogP contribution in [0.1, 0.15) is 51.4 Å². The topological polar surface area (TPSA) is 96.2 Å². The summed E-state index contributed by atoms with van der Waals surface area (Å²) in [6, 6.07) is 0. The number of rotatable bonds is 10.